The number of rotatable bonds is 5. The van der Waals surface area contributed by atoms with Gasteiger partial charge in [0.25, 0.3) is 0 Å². The maximum absolute atomic E-state index is 12.0. The lowest BCUT2D eigenvalue weighted by atomic mass is 10.1. The number of fused-ring (bicyclic) bond motifs is 1. The van der Waals surface area contributed by atoms with Crippen LogP contribution in [0.3, 0.4) is 0 Å². The summed E-state index contributed by atoms with van der Waals surface area (Å²) in [5.41, 5.74) is 0. The van der Waals surface area contributed by atoms with E-state index in [9.17, 15) is 9.59 Å². The number of carbonyl (C=O) groups excluding carboxylic acids is 2. The van der Waals surface area contributed by atoms with Crippen molar-refractivity contribution in [2.75, 3.05) is 26.2 Å². The van der Waals surface area contributed by atoms with Gasteiger partial charge >= 0.3 is 0 Å². The van der Waals surface area contributed by atoms with Crippen LogP contribution >= 0.6 is 11.3 Å². The van der Waals surface area contributed by atoms with Crippen molar-refractivity contribution in [3.8, 4) is 0 Å². The van der Waals surface area contributed by atoms with Crippen LogP contribution in [0, 0.1) is 0 Å². The average molecular weight is 308 g/mol. The average Bonchev–Trinajstić information content (AvgIpc) is 3.16. The monoisotopic (exact) mass is 308 g/mol. The molecule has 2 fully saturated rings. The molecular weight excluding hydrogens is 288 g/mol. The molecule has 1 aromatic rings. The molecule has 2 heterocycles. The molecule has 21 heavy (non-hydrogen) atoms. The molecule has 2 atom stereocenters. The molecule has 0 spiro atoms. The third kappa shape index (κ3) is 3.51. The summed E-state index contributed by atoms with van der Waals surface area (Å²) in [6.45, 7) is 1.94. The molecule has 1 aliphatic heterocycles. The molecule has 5 nitrogen and oxygen atoms in total. The molecule has 3 rings (SSSR count). The number of hydrogen-bond acceptors (Lipinski definition) is 5. The zero-order chi connectivity index (χ0) is 14.7. The highest BCUT2D eigenvalue weighted by Crippen LogP contribution is 2.29. The smallest absolute Gasteiger partial charge is 0.234 e. The number of morpholine rings is 1. The molecule has 0 bridgehead atoms. The second-order valence-corrected chi connectivity index (χ2v) is 6.50. The molecule has 0 radical (unpaired) electrons. The van der Waals surface area contributed by atoms with Gasteiger partial charge < -0.3 is 10.1 Å². The van der Waals surface area contributed by atoms with Crippen molar-refractivity contribution >= 4 is 23.0 Å². The van der Waals surface area contributed by atoms with Gasteiger partial charge in [-0.15, -0.1) is 11.3 Å². The fourth-order valence-electron chi connectivity index (χ4n) is 3.15. The Morgan fingerprint density at radius 1 is 1.43 bits per heavy atom. The first-order chi connectivity index (χ1) is 10.2. The SMILES string of the molecule is O=C(CN1CCO[C@H]2CCC[C@H]21)NCC(=O)c1cccs1. The molecule has 0 aromatic carbocycles. The Morgan fingerprint density at radius 3 is 3.14 bits per heavy atom. The molecule has 1 saturated heterocycles. The summed E-state index contributed by atoms with van der Waals surface area (Å²) in [6, 6.07) is 4.00. The van der Waals surface area contributed by atoms with Gasteiger partial charge in [-0.1, -0.05) is 6.07 Å². The number of carbonyl (C=O) groups is 2. The molecule has 1 N–H and O–H groups in total. The van der Waals surface area contributed by atoms with Gasteiger partial charge in [-0.25, -0.2) is 0 Å². The van der Waals surface area contributed by atoms with Crippen LogP contribution in [-0.2, 0) is 9.53 Å². The van der Waals surface area contributed by atoms with Crippen molar-refractivity contribution in [2.24, 2.45) is 0 Å². The molecule has 0 unspecified atom stereocenters. The number of thiophene rings is 1. The topological polar surface area (TPSA) is 58.6 Å². The Labute approximate surface area is 128 Å². The number of nitrogens with zero attached hydrogens (tertiary/aromatic N) is 1. The molecule has 2 aliphatic rings. The maximum Gasteiger partial charge on any atom is 0.234 e. The third-order valence-electron chi connectivity index (χ3n) is 4.19. The standard InChI is InChI=1S/C15H20N2O3S/c18-12(14-5-2-8-21-14)9-16-15(19)10-17-6-7-20-13-4-1-3-11(13)17/h2,5,8,11,13H,1,3-4,6-7,9-10H2,(H,16,19)/t11-,13+/m1/s1. The Morgan fingerprint density at radius 2 is 2.33 bits per heavy atom. The summed E-state index contributed by atoms with van der Waals surface area (Å²) >= 11 is 1.40. The van der Waals surface area contributed by atoms with Crippen molar-refractivity contribution in [3.63, 3.8) is 0 Å². The first-order valence-electron chi connectivity index (χ1n) is 7.43. The van der Waals surface area contributed by atoms with E-state index in [1.165, 1.54) is 17.8 Å². The largest absolute Gasteiger partial charge is 0.375 e. The van der Waals surface area contributed by atoms with E-state index in [1.54, 1.807) is 6.07 Å². The van der Waals surface area contributed by atoms with Gasteiger partial charge in [0, 0.05) is 12.6 Å². The van der Waals surface area contributed by atoms with Crippen molar-refractivity contribution in [1.82, 2.24) is 10.2 Å². The summed E-state index contributed by atoms with van der Waals surface area (Å²) in [5, 5.41) is 4.60. The molecule has 1 aromatic heterocycles. The van der Waals surface area contributed by atoms with Crippen LogP contribution in [0.25, 0.3) is 0 Å². The zero-order valence-corrected chi connectivity index (χ0v) is 12.7. The van der Waals surface area contributed by atoms with Crippen molar-refractivity contribution in [1.29, 1.82) is 0 Å². The summed E-state index contributed by atoms with van der Waals surface area (Å²) in [7, 11) is 0. The summed E-state index contributed by atoms with van der Waals surface area (Å²) < 4.78 is 5.73. The maximum atomic E-state index is 12.0. The van der Waals surface area contributed by atoms with E-state index < -0.39 is 0 Å². The number of ether oxygens (including phenoxy) is 1. The molecule has 114 valence electrons. The second-order valence-electron chi connectivity index (χ2n) is 5.56. The fourth-order valence-corrected chi connectivity index (χ4v) is 3.81. The number of hydrogen-bond donors (Lipinski definition) is 1. The first-order valence-corrected chi connectivity index (χ1v) is 8.31. The van der Waals surface area contributed by atoms with Crippen LogP contribution in [-0.4, -0.2) is 55.0 Å². The highest BCUT2D eigenvalue weighted by molar-refractivity contribution is 7.12. The van der Waals surface area contributed by atoms with Gasteiger partial charge in [0.05, 0.1) is 30.7 Å². The van der Waals surface area contributed by atoms with E-state index in [0.29, 0.717) is 30.2 Å². The van der Waals surface area contributed by atoms with Crippen molar-refractivity contribution in [2.45, 2.75) is 31.4 Å². The minimum atomic E-state index is -0.0764. The lowest BCUT2D eigenvalue weighted by molar-refractivity contribution is -0.126. The minimum absolute atomic E-state index is 0.0286. The fraction of sp³-hybridized carbons (Fsp3) is 0.600. The predicted molar refractivity (Wildman–Crippen MR) is 80.6 cm³/mol. The van der Waals surface area contributed by atoms with E-state index in [1.807, 2.05) is 11.4 Å². The molecule has 1 saturated carbocycles. The summed E-state index contributed by atoms with van der Waals surface area (Å²) in [6.07, 6.45) is 3.66. The van der Waals surface area contributed by atoms with Gasteiger partial charge in [-0.3, -0.25) is 14.5 Å². The van der Waals surface area contributed by atoms with Crippen molar-refractivity contribution in [3.05, 3.63) is 22.4 Å². The second kappa shape index (κ2) is 6.68. The van der Waals surface area contributed by atoms with Crippen LogP contribution < -0.4 is 5.32 Å². The Kier molecular flexibility index (Phi) is 4.67. The Bertz CT molecular complexity index is 503. The van der Waals surface area contributed by atoms with Gasteiger partial charge in [-0.05, 0) is 30.7 Å². The highest BCUT2D eigenvalue weighted by atomic mass is 32.1. The molecule has 1 aliphatic carbocycles. The quantitative estimate of drug-likeness (QED) is 0.833. The van der Waals surface area contributed by atoms with Crippen LogP contribution in [0.1, 0.15) is 28.9 Å². The lowest BCUT2D eigenvalue weighted by Gasteiger charge is -2.37. The van der Waals surface area contributed by atoms with Gasteiger partial charge in [0.2, 0.25) is 5.91 Å². The summed E-state index contributed by atoms with van der Waals surface area (Å²) in [4.78, 5) is 26.8. The highest BCUT2D eigenvalue weighted by Gasteiger charge is 2.36. The van der Waals surface area contributed by atoms with E-state index in [-0.39, 0.29) is 18.2 Å². The predicted octanol–water partition coefficient (Wildman–Crippen LogP) is 1.30. The van der Waals surface area contributed by atoms with Crippen LogP contribution in [0.2, 0.25) is 0 Å². The van der Waals surface area contributed by atoms with Gasteiger partial charge in [-0.2, -0.15) is 0 Å². The summed E-state index contributed by atoms with van der Waals surface area (Å²) in [5.74, 6) is -0.105. The third-order valence-corrected chi connectivity index (χ3v) is 5.10. The number of Topliss-reactive ketones (excluding diaryl/α,β-unsaturated/α-hetero) is 1. The lowest BCUT2D eigenvalue weighted by Crippen LogP contribution is -2.52. The van der Waals surface area contributed by atoms with E-state index in [4.69, 9.17) is 4.74 Å². The minimum Gasteiger partial charge on any atom is -0.375 e. The van der Waals surface area contributed by atoms with Crippen molar-refractivity contribution < 1.29 is 14.3 Å². The van der Waals surface area contributed by atoms with Crippen LogP contribution in [0.5, 0.6) is 0 Å². The normalized spacial score (nSPS) is 25.5. The molecular formula is C15H20N2O3S. The number of ketones is 1. The van der Waals surface area contributed by atoms with Crippen LogP contribution in [0.4, 0.5) is 0 Å². The molecule has 1 amide bonds. The Hall–Kier alpha value is -1.24. The number of amides is 1. The number of nitrogens with one attached hydrogen (secondary N) is 1. The molecule has 6 heteroatoms. The van der Waals surface area contributed by atoms with E-state index in [2.05, 4.69) is 10.2 Å². The van der Waals surface area contributed by atoms with E-state index in [0.717, 1.165) is 19.4 Å². The van der Waals surface area contributed by atoms with Crippen LogP contribution in [0.15, 0.2) is 17.5 Å². The Balaban J connectivity index is 1.46. The first kappa shape index (κ1) is 14.7. The van der Waals surface area contributed by atoms with E-state index >= 15 is 0 Å². The van der Waals surface area contributed by atoms with Gasteiger partial charge in [0.1, 0.15) is 0 Å². The zero-order valence-electron chi connectivity index (χ0n) is 11.9. The van der Waals surface area contributed by atoms with Gasteiger partial charge in [0.15, 0.2) is 5.78 Å².